The summed E-state index contributed by atoms with van der Waals surface area (Å²) in [6.45, 7) is 3.70. The first-order valence-electron chi connectivity index (χ1n) is 10.8. The fourth-order valence-electron chi connectivity index (χ4n) is 4.09. The lowest BCUT2D eigenvalue weighted by Crippen LogP contribution is -2.55. The van der Waals surface area contributed by atoms with E-state index in [2.05, 4.69) is 27.3 Å². The number of rotatable bonds is 7. The minimum Gasteiger partial charge on any atom is -0.465 e. The van der Waals surface area contributed by atoms with Gasteiger partial charge in [0.1, 0.15) is 17.2 Å². The second-order valence-electron chi connectivity index (χ2n) is 7.95. The Balaban J connectivity index is 1.60. The van der Waals surface area contributed by atoms with Crippen LogP contribution in [0.15, 0.2) is 47.3 Å². The molecule has 2 N–H and O–H groups in total. The third kappa shape index (κ3) is 5.26. The van der Waals surface area contributed by atoms with E-state index >= 15 is 0 Å². The van der Waals surface area contributed by atoms with E-state index in [1.165, 1.54) is 22.4 Å². The van der Waals surface area contributed by atoms with E-state index < -0.39 is 17.5 Å². The highest BCUT2D eigenvalue weighted by Gasteiger charge is 2.23. The molecule has 1 aliphatic rings. The molecule has 0 aliphatic carbocycles. The van der Waals surface area contributed by atoms with Crippen molar-refractivity contribution in [3.63, 3.8) is 0 Å². The van der Waals surface area contributed by atoms with Crippen LogP contribution in [0.25, 0.3) is 10.9 Å². The van der Waals surface area contributed by atoms with E-state index in [4.69, 9.17) is 16.7 Å². The Labute approximate surface area is 195 Å². The van der Waals surface area contributed by atoms with Crippen molar-refractivity contribution >= 4 is 28.6 Å². The lowest BCUT2D eigenvalue weighted by Gasteiger charge is -2.37. The first-order valence-corrected chi connectivity index (χ1v) is 11.2. The molecule has 1 fully saturated rings. The molecule has 10 heteroatoms. The zero-order valence-corrected chi connectivity index (χ0v) is 18.8. The molecule has 0 radical (unpaired) electrons. The number of halogens is 2. The maximum atomic E-state index is 14.5. The van der Waals surface area contributed by atoms with Crippen LogP contribution >= 0.6 is 11.6 Å². The SMILES string of the molecule is O=C(O)NCCCc1nc2c(F)ccc(Cl)c2c(=O)n1N1CCN(Cc2ccccc2)CC1. The Morgan fingerprint density at radius 3 is 2.55 bits per heavy atom. The summed E-state index contributed by atoms with van der Waals surface area (Å²) >= 11 is 6.25. The summed E-state index contributed by atoms with van der Waals surface area (Å²) < 4.78 is 16.0. The molecular formula is C23H25ClFN5O3. The number of aromatic nitrogens is 2. The van der Waals surface area contributed by atoms with Crippen molar-refractivity contribution in [2.45, 2.75) is 19.4 Å². The predicted molar refractivity (Wildman–Crippen MR) is 125 cm³/mol. The van der Waals surface area contributed by atoms with Gasteiger partial charge in [-0.15, -0.1) is 0 Å². The van der Waals surface area contributed by atoms with Gasteiger partial charge in [0.15, 0.2) is 0 Å². The Bertz CT molecular complexity index is 1200. The third-order valence-electron chi connectivity index (χ3n) is 5.70. The van der Waals surface area contributed by atoms with Crippen molar-refractivity contribution in [2.75, 3.05) is 37.7 Å². The number of benzene rings is 2. The number of carbonyl (C=O) groups is 1. The van der Waals surface area contributed by atoms with Crippen molar-refractivity contribution in [1.29, 1.82) is 0 Å². The molecule has 8 nitrogen and oxygen atoms in total. The van der Waals surface area contributed by atoms with E-state index in [9.17, 15) is 14.0 Å². The van der Waals surface area contributed by atoms with Gasteiger partial charge in [0.05, 0.1) is 10.4 Å². The summed E-state index contributed by atoms with van der Waals surface area (Å²) in [4.78, 5) is 30.9. The van der Waals surface area contributed by atoms with Crippen molar-refractivity contribution in [3.8, 4) is 0 Å². The Morgan fingerprint density at radius 1 is 1.12 bits per heavy atom. The molecule has 1 amide bonds. The van der Waals surface area contributed by atoms with Gasteiger partial charge >= 0.3 is 6.09 Å². The predicted octanol–water partition coefficient (Wildman–Crippen LogP) is 2.84. The van der Waals surface area contributed by atoms with Gasteiger partial charge in [0.2, 0.25) is 0 Å². The fraction of sp³-hybridized carbons (Fsp3) is 0.348. The van der Waals surface area contributed by atoms with Gasteiger partial charge in [-0.3, -0.25) is 9.69 Å². The molecule has 0 bridgehead atoms. The number of fused-ring (bicyclic) bond motifs is 1. The molecule has 4 rings (SSSR count). The average molecular weight is 474 g/mol. The van der Waals surface area contributed by atoms with E-state index in [-0.39, 0.29) is 22.5 Å². The molecule has 0 unspecified atom stereocenters. The number of hydrogen-bond acceptors (Lipinski definition) is 5. The summed E-state index contributed by atoms with van der Waals surface area (Å²) in [6, 6.07) is 12.7. The summed E-state index contributed by atoms with van der Waals surface area (Å²) in [6.07, 6.45) is -0.395. The lowest BCUT2D eigenvalue weighted by molar-refractivity contribution is 0.194. The van der Waals surface area contributed by atoms with Crippen LogP contribution in [0.2, 0.25) is 5.02 Å². The normalized spacial score (nSPS) is 14.5. The number of aryl methyl sites for hydroxylation is 1. The molecule has 0 saturated carbocycles. The molecular weight excluding hydrogens is 449 g/mol. The van der Waals surface area contributed by atoms with E-state index in [0.29, 0.717) is 31.8 Å². The Morgan fingerprint density at radius 2 is 1.85 bits per heavy atom. The standard InChI is InChI=1S/C23H25ClFN5O3/c24-17-8-9-18(25)21-20(17)22(31)30(19(27-21)7-4-10-26-23(32)33)29-13-11-28(12-14-29)15-16-5-2-1-3-6-16/h1-3,5-6,8-9,26H,4,7,10-15H2,(H,32,33). The minimum atomic E-state index is -1.12. The smallest absolute Gasteiger partial charge is 0.404 e. The summed E-state index contributed by atoms with van der Waals surface area (Å²) in [5.41, 5.74) is 0.749. The van der Waals surface area contributed by atoms with E-state index in [1.807, 2.05) is 23.2 Å². The molecule has 1 aliphatic heterocycles. The molecule has 1 saturated heterocycles. The molecule has 0 atom stereocenters. The van der Waals surface area contributed by atoms with Crippen LogP contribution in [0.1, 0.15) is 17.8 Å². The molecule has 2 heterocycles. The maximum absolute atomic E-state index is 14.5. The van der Waals surface area contributed by atoms with Crippen molar-refractivity contribution in [3.05, 3.63) is 75.0 Å². The molecule has 33 heavy (non-hydrogen) atoms. The van der Waals surface area contributed by atoms with Crippen LogP contribution in [-0.4, -0.2) is 58.5 Å². The number of piperazine rings is 1. The van der Waals surface area contributed by atoms with Gasteiger partial charge in [-0.05, 0) is 24.1 Å². The fourth-order valence-corrected chi connectivity index (χ4v) is 4.32. The van der Waals surface area contributed by atoms with Crippen LogP contribution in [-0.2, 0) is 13.0 Å². The van der Waals surface area contributed by atoms with Crippen molar-refractivity contribution in [1.82, 2.24) is 19.9 Å². The zero-order chi connectivity index (χ0) is 23.4. The second-order valence-corrected chi connectivity index (χ2v) is 8.36. The first kappa shape index (κ1) is 23.0. The molecule has 0 spiro atoms. The highest BCUT2D eigenvalue weighted by molar-refractivity contribution is 6.35. The number of carboxylic acid groups (broad SMARTS) is 1. The maximum Gasteiger partial charge on any atom is 0.404 e. The number of nitrogens with zero attached hydrogens (tertiary/aromatic N) is 4. The highest BCUT2D eigenvalue weighted by atomic mass is 35.5. The zero-order valence-electron chi connectivity index (χ0n) is 18.0. The quantitative estimate of drug-likeness (QED) is 0.513. The van der Waals surface area contributed by atoms with Gasteiger partial charge < -0.3 is 15.4 Å². The van der Waals surface area contributed by atoms with Crippen LogP contribution < -0.4 is 15.9 Å². The van der Waals surface area contributed by atoms with Gasteiger partial charge in [0, 0.05) is 45.7 Å². The summed E-state index contributed by atoms with van der Waals surface area (Å²) in [5, 5.41) is 13.2. The summed E-state index contributed by atoms with van der Waals surface area (Å²) in [7, 11) is 0. The Kier molecular flexibility index (Phi) is 7.10. The van der Waals surface area contributed by atoms with Gasteiger partial charge in [-0.1, -0.05) is 41.9 Å². The molecule has 3 aromatic rings. The van der Waals surface area contributed by atoms with Gasteiger partial charge in [-0.2, -0.15) is 0 Å². The van der Waals surface area contributed by atoms with E-state index in [0.717, 1.165) is 19.6 Å². The monoisotopic (exact) mass is 473 g/mol. The molecule has 2 aromatic carbocycles. The van der Waals surface area contributed by atoms with Crippen LogP contribution in [0.5, 0.6) is 0 Å². The van der Waals surface area contributed by atoms with Gasteiger partial charge in [-0.25, -0.2) is 18.8 Å². The van der Waals surface area contributed by atoms with Crippen LogP contribution in [0.4, 0.5) is 9.18 Å². The molecule has 1 aromatic heterocycles. The first-order chi connectivity index (χ1) is 15.9. The van der Waals surface area contributed by atoms with Crippen molar-refractivity contribution in [2.24, 2.45) is 0 Å². The van der Waals surface area contributed by atoms with E-state index in [1.54, 1.807) is 0 Å². The highest BCUT2D eigenvalue weighted by Crippen LogP contribution is 2.22. The minimum absolute atomic E-state index is 0.0517. The van der Waals surface area contributed by atoms with Gasteiger partial charge in [0.25, 0.3) is 5.56 Å². The second kappa shape index (κ2) is 10.2. The van der Waals surface area contributed by atoms with Crippen LogP contribution in [0, 0.1) is 5.82 Å². The largest absolute Gasteiger partial charge is 0.465 e. The average Bonchev–Trinajstić information content (AvgIpc) is 2.80. The third-order valence-corrected chi connectivity index (χ3v) is 6.02. The number of hydrogen-bond donors (Lipinski definition) is 2. The van der Waals surface area contributed by atoms with Crippen molar-refractivity contribution < 1.29 is 14.3 Å². The summed E-state index contributed by atoms with van der Waals surface area (Å²) in [5.74, 6) is -0.228. The lowest BCUT2D eigenvalue weighted by atomic mass is 10.2. The molecule has 174 valence electrons. The Hall–Kier alpha value is -3.17. The number of nitrogens with one attached hydrogen (secondary N) is 1. The van der Waals surface area contributed by atoms with Crippen LogP contribution in [0.3, 0.4) is 0 Å². The number of amides is 1. The topological polar surface area (TPSA) is 90.7 Å².